The van der Waals surface area contributed by atoms with Crippen molar-refractivity contribution in [1.82, 2.24) is 4.98 Å². The molecule has 0 bridgehead atoms. The van der Waals surface area contributed by atoms with E-state index in [9.17, 15) is 13.6 Å². The van der Waals surface area contributed by atoms with Gasteiger partial charge in [0.2, 0.25) is 0 Å². The third-order valence-corrected chi connectivity index (χ3v) is 3.34. The van der Waals surface area contributed by atoms with Crippen LogP contribution in [-0.2, 0) is 16.0 Å². The van der Waals surface area contributed by atoms with Crippen LogP contribution in [0.1, 0.15) is 17.7 Å². The summed E-state index contributed by atoms with van der Waals surface area (Å²) in [6, 6.07) is 1.64. The lowest BCUT2D eigenvalue weighted by molar-refractivity contribution is -0.139. The number of aromatic nitrogens is 1. The lowest BCUT2D eigenvalue weighted by Gasteiger charge is -2.10. The van der Waals surface area contributed by atoms with Crippen LogP contribution in [0.15, 0.2) is 6.07 Å². The van der Waals surface area contributed by atoms with Gasteiger partial charge in [0, 0.05) is 9.13 Å². The van der Waals surface area contributed by atoms with Crippen LogP contribution in [0.4, 0.5) is 8.78 Å². The average molecular weight is 453 g/mol. The number of halogens is 4. The van der Waals surface area contributed by atoms with E-state index in [4.69, 9.17) is 0 Å². The zero-order chi connectivity index (χ0) is 12.3. The summed E-state index contributed by atoms with van der Waals surface area (Å²) < 4.78 is 31.0. The van der Waals surface area contributed by atoms with Crippen molar-refractivity contribution in [2.45, 2.75) is 12.8 Å². The van der Waals surface area contributed by atoms with E-state index < -0.39 is 12.4 Å². The first-order valence-electron chi connectivity index (χ1n) is 4.15. The summed E-state index contributed by atoms with van der Waals surface area (Å²) in [7, 11) is 1.22. The zero-order valence-electron chi connectivity index (χ0n) is 8.14. The average Bonchev–Trinajstić information content (AvgIpc) is 2.20. The first-order valence-corrected chi connectivity index (χ1v) is 6.31. The first kappa shape index (κ1) is 14.0. The molecule has 0 N–H and O–H groups in total. The number of hydrogen-bond acceptors (Lipinski definition) is 3. The summed E-state index contributed by atoms with van der Waals surface area (Å²) in [6.45, 7) is 0. The molecule has 0 unspecified atom stereocenters. The highest BCUT2D eigenvalue weighted by atomic mass is 127. The normalized spacial score (nSPS) is 10.6. The molecule has 88 valence electrons. The Balaban J connectivity index is 3.19. The van der Waals surface area contributed by atoms with Gasteiger partial charge in [0.1, 0.15) is 9.39 Å². The number of ether oxygens (including phenoxy) is 1. The van der Waals surface area contributed by atoms with Crippen LogP contribution in [-0.4, -0.2) is 18.1 Å². The van der Waals surface area contributed by atoms with Gasteiger partial charge >= 0.3 is 5.97 Å². The van der Waals surface area contributed by atoms with E-state index >= 15 is 0 Å². The minimum atomic E-state index is -2.69. The molecule has 0 radical (unpaired) electrons. The molecule has 1 aromatic heterocycles. The summed E-state index contributed by atoms with van der Waals surface area (Å²) in [6.07, 6.45) is -2.87. The van der Waals surface area contributed by atoms with Gasteiger partial charge in [-0.1, -0.05) is 0 Å². The van der Waals surface area contributed by atoms with Crippen LogP contribution in [0, 0.1) is 7.27 Å². The molecular weight excluding hydrogens is 446 g/mol. The maximum atomic E-state index is 12.7. The molecule has 1 aromatic rings. The number of pyridine rings is 1. The monoisotopic (exact) mass is 453 g/mol. The molecule has 0 fully saturated rings. The molecule has 0 amide bonds. The van der Waals surface area contributed by atoms with Crippen molar-refractivity contribution in [2.75, 3.05) is 7.11 Å². The minimum Gasteiger partial charge on any atom is -0.469 e. The molecule has 7 heteroatoms. The second-order valence-corrected chi connectivity index (χ2v) is 5.11. The van der Waals surface area contributed by atoms with Crippen molar-refractivity contribution in [3.63, 3.8) is 0 Å². The van der Waals surface area contributed by atoms with Crippen LogP contribution in [0.25, 0.3) is 0 Å². The Labute approximate surface area is 118 Å². The molecule has 0 aliphatic carbocycles. The molecule has 3 nitrogen and oxygen atoms in total. The van der Waals surface area contributed by atoms with Crippen molar-refractivity contribution in [3.05, 3.63) is 24.6 Å². The van der Waals surface area contributed by atoms with Crippen molar-refractivity contribution in [2.24, 2.45) is 0 Å². The zero-order valence-corrected chi connectivity index (χ0v) is 12.5. The maximum absolute atomic E-state index is 12.7. The molecule has 0 saturated carbocycles. The number of carbonyl (C=O) groups excluding carboxylic acids is 1. The van der Waals surface area contributed by atoms with E-state index in [1.54, 1.807) is 6.07 Å². The van der Waals surface area contributed by atoms with Gasteiger partial charge in [-0.2, -0.15) is 0 Å². The fourth-order valence-electron chi connectivity index (χ4n) is 1.10. The molecule has 0 spiro atoms. The van der Waals surface area contributed by atoms with Gasteiger partial charge in [-0.15, -0.1) is 0 Å². The maximum Gasteiger partial charge on any atom is 0.310 e. The van der Waals surface area contributed by atoms with Gasteiger partial charge in [-0.05, 0) is 51.2 Å². The van der Waals surface area contributed by atoms with E-state index in [1.165, 1.54) is 7.11 Å². The second-order valence-electron chi connectivity index (χ2n) is 2.84. The van der Waals surface area contributed by atoms with E-state index in [2.05, 4.69) is 9.72 Å². The summed E-state index contributed by atoms with van der Waals surface area (Å²) >= 11 is 3.77. The number of alkyl halides is 2. The third kappa shape index (κ3) is 3.47. The molecule has 16 heavy (non-hydrogen) atoms. The summed E-state index contributed by atoms with van der Waals surface area (Å²) in [5.41, 5.74) is -0.107. The molecule has 0 aliphatic rings. The largest absolute Gasteiger partial charge is 0.469 e. The third-order valence-electron chi connectivity index (χ3n) is 1.83. The number of nitrogens with zero attached hydrogens (tertiary/aromatic N) is 1. The van der Waals surface area contributed by atoms with Gasteiger partial charge in [-0.25, -0.2) is 13.8 Å². The molecule has 0 saturated heterocycles. The van der Waals surface area contributed by atoms with Gasteiger partial charge in [0.15, 0.2) is 0 Å². The molecular formula is C9H7F2I2NO2. The number of methoxy groups -OCH3 is 1. The van der Waals surface area contributed by atoms with Crippen molar-refractivity contribution < 1.29 is 18.3 Å². The standard InChI is InChI=1S/C9H7F2I2NO2/c1-16-7(15)2-4-5(12)3-6(13)14-8(4)9(10)11/h3,9H,2H2,1H3. The lowest BCUT2D eigenvalue weighted by Crippen LogP contribution is -2.11. The van der Waals surface area contributed by atoms with E-state index in [0.717, 1.165) is 0 Å². The molecule has 0 aromatic carbocycles. The van der Waals surface area contributed by atoms with Crippen LogP contribution in [0.3, 0.4) is 0 Å². The van der Waals surface area contributed by atoms with Crippen LogP contribution in [0.2, 0.25) is 0 Å². The predicted octanol–water partition coefficient (Wildman–Crippen LogP) is 2.94. The molecule has 0 atom stereocenters. The number of rotatable bonds is 3. The Morgan fingerprint density at radius 3 is 2.69 bits per heavy atom. The fourth-order valence-corrected chi connectivity index (χ4v) is 3.03. The van der Waals surface area contributed by atoms with Crippen LogP contribution < -0.4 is 0 Å². The smallest absolute Gasteiger partial charge is 0.310 e. The Morgan fingerprint density at radius 1 is 1.56 bits per heavy atom. The number of esters is 1. The van der Waals surface area contributed by atoms with Gasteiger partial charge in [0.05, 0.1) is 13.5 Å². The number of hydrogen-bond donors (Lipinski definition) is 0. The SMILES string of the molecule is COC(=O)Cc1c(I)cc(I)nc1C(F)F. The quantitative estimate of drug-likeness (QED) is 0.402. The Kier molecular flexibility index (Phi) is 5.28. The van der Waals surface area contributed by atoms with Crippen molar-refractivity contribution >= 4 is 51.2 Å². The Morgan fingerprint density at radius 2 is 2.19 bits per heavy atom. The highest BCUT2D eigenvalue weighted by Gasteiger charge is 2.20. The van der Waals surface area contributed by atoms with Gasteiger partial charge < -0.3 is 4.74 Å². The molecule has 0 aliphatic heterocycles. The Bertz CT molecular complexity index is 413. The van der Waals surface area contributed by atoms with Crippen LogP contribution >= 0.6 is 45.2 Å². The first-order chi connectivity index (χ1) is 7.45. The lowest BCUT2D eigenvalue weighted by atomic mass is 10.1. The van der Waals surface area contributed by atoms with E-state index in [-0.39, 0.29) is 17.7 Å². The Hall–Kier alpha value is -0.0600. The number of carbonyl (C=O) groups is 1. The highest BCUT2D eigenvalue weighted by molar-refractivity contribution is 14.1. The topological polar surface area (TPSA) is 39.2 Å². The summed E-state index contributed by atoms with van der Waals surface area (Å²) in [5, 5.41) is 0. The van der Waals surface area contributed by atoms with E-state index in [0.29, 0.717) is 7.27 Å². The molecule has 1 rings (SSSR count). The molecule has 1 heterocycles. The van der Waals surface area contributed by atoms with Crippen molar-refractivity contribution in [3.8, 4) is 0 Å². The van der Waals surface area contributed by atoms with Crippen molar-refractivity contribution in [1.29, 1.82) is 0 Å². The fraction of sp³-hybridized carbons (Fsp3) is 0.333. The summed E-state index contributed by atoms with van der Waals surface area (Å²) in [4.78, 5) is 14.8. The van der Waals surface area contributed by atoms with Gasteiger partial charge in [0.25, 0.3) is 6.43 Å². The van der Waals surface area contributed by atoms with E-state index in [1.807, 2.05) is 45.2 Å². The highest BCUT2D eigenvalue weighted by Crippen LogP contribution is 2.26. The van der Waals surface area contributed by atoms with Gasteiger partial charge in [-0.3, -0.25) is 4.79 Å². The minimum absolute atomic E-state index is 0.182. The predicted molar refractivity (Wildman–Crippen MR) is 70.3 cm³/mol. The summed E-state index contributed by atoms with van der Waals surface area (Å²) in [5.74, 6) is -0.553. The second kappa shape index (κ2) is 6.03. The van der Waals surface area contributed by atoms with Crippen LogP contribution in [0.5, 0.6) is 0 Å².